The quantitative estimate of drug-likeness (QED) is 0.846. The van der Waals surface area contributed by atoms with Gasteiger partial charge in [0.1, 0.15) is 0 Å². The summed E-state index contributed by atoms with van der Waals surface area (Å²) in [5.41, 5.74) is 2.23. The van der Waals surface area contributed by atoms with Crippen LogP contribution in [0.25, 0.3) is 0 Å². The van der Waals surface area contributed by atoms with E-state index in [9.17, 15) is 4.79 Å². The molecule has 112 valence electrons. The molecule has 0 saturated carbocycles. The van der Waals surface area contributed by atoms with Crippen molar-refractivity contribution in [2.24, 2.45) is 11.8 Å². The van der Waals surface area contributed by atoms with Gasteiger partial charge < -0.3 is 9.73 Å². The molecule has 21 heavy (non-hydrogen) atoms. The van der Waals surface area contributed by atoms with Gasteiger partial charge in [0.2, 0.25) is 5.91 Å². The van der Waals surface area contributed by atoms with Crippen molar-refractivity contribution >= 4 is 5.91 Å². The van der Waals surface area contributed by atoms with Crippen molar-refractivity contribution in [2.45, 2.75) is 26.7 Å². The third-order valence-corrected chi connectivity index (χ3v) is 3.79. The maximum atomic E-state index is 11.9. The van der Waals surface area contributed by atoms with Gasteiger partial charge in [0.15, 0.2) is 0 Å². The van der Waals surface area contributed by atoms with Gasteiger partial charge >= 0.3 is 0 Å². The van der Waals surface area contributed by atoms with Gasteiger partial charge in [-0.05, 0) is 35.4 Å². The average molecular weight is 285 g/mol. The van der Waals surface area contributed by atoms with Crippen LogP contribution >= 0.6 is 0 Å². The Balaban J connectivity index is 1.84. The summed E-state index contributed by atoms with van der Waals surface area (Å²) in [6.07, 6.45) is 4.58. The third-order valence-electron chi connectivity index (χ3n) is 3.79. The normalized spacial score (nSPS) is 12.3. The van der Waals surface area contributed by atoms with Crippen LogP contribution in [0.5, 0.6) is 0 Å². The van der Waals surface area contributed by atoms with E-state index in [0.717, 1.165) is 12.0 Å². The van der Waals surface area contributed by atoms with Gasteiger partial charge in [-0.3, -0.25) is 4.79 Å². The Morgan fingerprint density at radius 1 is 1.14 bits per heavy atom. The Bertz CT molecular complexity index is 532. The highest BCUT2D eigenvalue weighted by molar-refractivity contribution is 5.78. The number of hydrogen-bond donors (Lipinski definition) is 1. The summed E-state index contributed by atoms with van der Waals surface area (Å²) >= 11 is 0. The molecule has 1 N–H and O–H groups in total. The third kappa shape index (κ3) is 5.10. The molecule has 2 aromatic rings. The minimum atomic E-state index is 0.0510. The molecule has 0 fully saturated rings. The monoisotopic (exact) mass is 285 g/mol. The topological polar surface area (TPSA) is 42.2 Å². The number of hydrogen-bond acceptors (Lipinski definition) is 2. The molecular weight excluding hydrogens is 262 g/mol. The molecule has 3 heteroatoms. The Morgan fingerprint density at radius 2 is 1.90 bits per heavy atom. The molecule has 1 aromatic carbocycles. The lowest BCUT2D eigenvalue weighted by Crippen LogP contribution is -2.33. The summed E-state index contributed by atoms with van der Waals surface area (Å²) in [7, 11) is 0. The van der Waals surface area contributed by atoms with Gasteiger partial charge in [-0.2, -0.15) is 0 Å². The molecule has 0 unspecified atom stereocenters. The minimum absolute atomic E-state index is 0.0510. The van der Waals surface area contributed by atoms with Crippen LogP contribution in [0.3, 0.4) is 0 Å². The lowest BCUT2D eigenvalue weighted by atomic mass is 9.89. The van der Waals surface area contributed by atoms with Crippen molar-refractivity contribution in [3.05, 3.63) is 60.1 Å². The molecule has 0 bridgehead atoms. The number of benzene rings is 1. The van der Waals surface area contributed by atoms with E-state index in [1.807, 2.05) is 12.1 Å². The van der Waals surface area contributed by atoms with Crippen LogP contribution in [0.15, 0.2) is 53.3 Å². The second kappa shape index (κ2) is 7.67. The fourth-order valence-corrected chi connectivity index (χ4v) is 2.35. The predicted octanol–water partition coefficient (Wildman–Crippen LogP) is 3.45. The summed E-state index contributed by atoms with van der Waals surface area (Å²) in [5, 5.41) is 3.04. The van der Waals surface area contributed by atoms with Gasteiger partial charge in [0.05, 0.1) is 18.9 Å². The SMILES string of the molecule is CC(C)[C@@H](CNC(=O)Cc1ccoc1)Cc1ccccc1. The van der Waals surface area contributed by atoms with Crippen LogP contribution in [0.2, 0.25) is 0 Å². The Hall–Kier alpha value is -2.03. The molecule has 0 aliphatic carbocycles. The van der Waals surface area contributed by atoms with Crippen molar-refractivity contribution in [3.8, 4) is 0 Å². The molecule has 0 aliphatic heterocycles. The number of nitrogens with one attached hydrogen (secondary N) is 1. The largest absolute Gasteiger partial charge is 0.472 e. The highest BCUT2D eigenvalue weighted by Crippen LogP contribution is 2.16. The van der Waals surface area contributed by atoms with Crippen LogP contribution in [0, 0.1) is 11.8 Å². The van der Waals surface area contributed by atoms with E-state index in [1.165, 1.54) is 5.56 Å². The molecule has 1 aromatic heterocycles. The van der Waals surface area contributed by atoms with Crippen molar-refractivity contribution in [3.63, 3.8) is 0 Å². The second-order valence-electron chi connectivity index (χ2n) is 5.81. The zero-order valence-electron chi connectivity index (χ0n) is 12.7. The smallest absolute Gasteiger partial charge is 0.224 e. The Kier molecular flexibility index (Phi) is 5.61. The zero-order chi connectivity index (χ0) is 15.1. The second-order valence-corrected chi connectivity index (χ2v) is 5.81. The first-order valence-electron chi connectivity index (χ1n) is 7.47. The van der Waals surface area contributed by atoms with E-state index in [1.54, 1.807) is 12.5 Å². The van der Waals surface area contributed by atoms with E-state index in [2.05, 4.69) is 43.4 Å². The Morgan fingerprint density at radius 3 is 2.52 bits per heavy atom. The van der Waals surface area contributed by atoms with Gasteiger partial charge in [-0.25, -0.2) is 0 Å². The lowest BCUT2D eigenvalue weighted by molar-refractivity contribution is -0.120. The van der Waals surface area contributed by atoms with E-state index in [4.69, 9.17) is 4.42 Å². The number of amides is 1. The summed E-state index contributed by atoms with van der Waals surface area (Å²) in [6.45, 7) is 5.12. The van der Waals surface area contributed by atoms with Crippen LogP contribution in [0.4, 0.5) is 0 Å². The van der Waals surface area contributed by atoms with E-state index in [0.29, 0.717) is 24.8 Å². The Labute approximate surface area is 126 Å². The molecule has 1 amide bonds. The molecule has 1 atom stereocenters. The summed E-state index contributed by atoms with van der Waals surface area (Å²) in [4.78, 5) is 11.9. The number of furan rings is 1. The van der Waals surface area contributed by atoms with Crippen LogP contribution in [-0.4, -0.2) is 12.5 Å². The number of carbonyl (C=O) groups is 1. The van der Waals surface area contributed by atoms with Gasteiger partial charge in [-0.1, -0.05) is 44.2 Å². The minimum Gasteiger partial charge on any atom is -0.472 e. The summed E-state index contributed by atoms with van der Waals surface area (Å²) in [6, 6.07) is 12.3. The molecule has 1 heterocycles. The molecule has 0 saturated heterocycles. The number of carbonyl (C=O) groups excluding carboxylic acids is 1. The molecule has 0 aliphatic rings. The molecule has 3 nitrogen and oxygen atoms in total. The molecule has 0 spiro atoms. The fraction of sp³-hybridized carbons (Fsp3) is 0.389. The fourth-order valence-electron chi connectivity index (χ4n) is 2.35. The first kappa shape index (κ1) is 15.4. The highest BCUT2D eigenvalue weighted by Gasteiger charge is 2.15. The van der Waals surface area contributed by atoms with Crippen molar-refractivity contribution in [1.82, 2.24) is 5.32 Å². The first-order valence-corrected chi connectivity index (χ1v) is 7.47. The summed E-state index contributed by atoms with van der Waals surface area (Å²) in [5.74, 6) is 1.02. The predicted molar refractivity (Wildman–Crippen MR) is 83.9 cm³/mol. The highest BCUT2D eigenvalue weighted by atomic mass is 16.3. The van der Waals surface area contributed by atoms with Crippen molar-refractivity contribution < 1.29 is 9.21 Å². The van der Waals surface area contributed by atoms with Crippen LogP contribution < -0.4 is 5.32 Å². The number of rotatable bonds is 7. The standard InChI is InChI=1S/C18H23NO2/c1-14(2)17(10-15-6-4-3-5-7-15)12-19-18(20)11-16-8-9-21-13-16/h3-9,13-14,17H,10-12H2,1-2H3,(H,19,20)/t17-/m1/s1. The van der Waals surface area contributed by atoms with Crippen molar-refractivity contribution in [2.75, 3.05) is 6.54 Å². The molecule has 2 rings (SSSR count). The van der Waals surface area contributed by atoms with E-state index < -0.39 is 0 Å². The maximum absolute atomic E-state index is 11.9. The van der Waals surface area contributed by atoms with Crippen LogP contribution in [-0.2, 0) is 17.6 Å². The summed E-state index contributed by atoms with van der Waals surface area (Å²) < 4.78 is 4.98. The van der Waals surface area contributed by atoms with Gasteiger partial charge in [0.25, 0.3) is 0 Å². The van der Waals surface area contributed by atoms with Crippen molar-refractivity contribution in [1.29, 1.82) is 0 Å². The molecular formula is C18H23NO2. The van der Waals surface area contributed by atoms with Crippen LogP contribution in [0.1, 0.15) is 25.0 Å². The zero-order valence-corrected chi connectivity index (χ0v) is 12.7. The maximum Gasteiger partial charge on any atom is 0.224 e. The molecule has 0 radical (unpaired) electrons. The van der Waals surface area contributed by atoms with E-state index >= 15 is 0 Å². The first-order chi connectivity index (χ1) is 10.1. The van der Waals surface area contributed by atoms with E-state index in [-0.39, 0.29) is 5.91 Å². The lowest BCUT2D eigenvalue weighted by Gasteiger charge is -2.21. The van der Waals surface area contributed by atoms with Gasteiger partial charge in [0, 0.05) is 6.54 Å². The average Bonchev–Trinajstić information content (AvgIpc) is 2.97. The van der Waals surface area contributed by atoms with Gasteiger partial charge in [-0.15, -0.1) is 0 Å².